The smallest absolute Gasteiger partial charge is 0.324 e. The third-order valence-electron chi connectivity index (χ3n) is 4.10. The SMILES string of the molecule is CC(C)NC1(C(=O)O)CCCC1CCSc1ccccn1. The average Bonchev–Trinajstić information content (AvgIpc) is 2.83. The predicted molar refractivity (Wildman–Crippen MR) is 85.6 cm³/mol. The molecule has 0 bridgehead atoms. The Bertz CT molecular complexity index is 467. The Morgan fingerprint density at radius 3 is 3.00 bits per heavy atom. The lowest BCUT2D eigenvalue weighted by molar-refractivity contribution is -0.147. The summed E-state index contributed by atoms with van der Waals surface area (Å²) >= 11 is 1.71. The summed E-state index contributed by atoms with van der Waals surface area (Å²) in [6, 6.07) is 6.07. The van der Waals surface area contributed by atoms with Crippen molar-refractivity contribution in [3.63, 3.8) is 0 Å². The van der Waals surface area contributed by atoms with E-state index in [1.54, 1.807) is 18.0 Å². The Labute approximate surface area is 130 Å². The Balaban J connectivity index is 1.95. The number of thioether (sulfide) groups is 1. The topological polar surface area (TPSA) is 62.2 Å². The maximum atomic E-state index is 11.8. The first-order chi connectivity index (χ1) is 10.0. The van der Waals surface area contributed by atoms with Gasteiger partial charge >= 0.3 is 5.97 Å². The lowest BCUT2D eigenvalue weighted by Crippen LogP contribution is -2.57. The first-order valence-electron chi connectivity index (χ1n) is 7.59. The van der Waals surface area contributed by atoms with Crippen molar-refractivity contribution in [2.75, 3.05) is 5.75 Å². The molecule has 1 aromatic heterocycles. The number of nitrogens with one attached hydrogen (secondary N) is 1. The van der Waals surface area contributed by atoms with E-state index in [1.807, 2.05) is 32.0 Å². The highest BCUT2D eigenvalue weighted by molar-refractivity contribution is 7.99. The van der Waals surface area contributed by atoms with Crippen LogP contribution in [0.2, 0.25) is 0 Å². The Morgan fingerprint density at radius 1 is 1.57 bits per heavy atom. The number of carboxylic acid groups (broad SMARTS) is 1. The van der Waals surface area contributed by atoms with Crippen molar-refractivity contribution >= 4 is 17.7 Å². The van der Waals surface area contributed by atoms with Gasteiger partial charge in [0.15, 0.2) is 0 Å². The maximum Gasteiger partial charge on any atom is 0.324 e. The zero-order chi connectivity index (χ0) is 15.3. The second-order valence-electron chi connectivity index (χ2n) is 5.97. The first-order valence-corrected chi connectivity index (χ1v) is 8.58. The average molecular weight is 308 g/mol. The van der Waals surface area contributed by atoms with Crippen LogP contribution in [0.5, 0.6) is 0 Å². The summed E-state index contributed by atoms with van der Waals surface area (Å²) in [6.45, 7) is 4.03. The lowest BCUT2D eigenvalue weighted by atomic mass is 9.84. The third-order valence-corrected chi connectivity index (χ3v) is 5.08. The molecule has 1 saturated carbocycles. The van der Waals surface area contributed by atoms with Crippen LogP contribution in [-0.2, 0) is 4.79 Å². The van der Waals surface area contributed by atoms with Crippen molar-refractivity contribution in [3.8, 4) is 0 Å². The molecule has 4 nitrogen and oxygen atoms in total. The largest absolute Gasteiger partial charge is 0.480 e. The minimum Gasteiger partial charge on any atom is -0.480 e. The van der Waals surface area contributed by atoms with Gasteiger partial charge in [-0.3, -0.25) is 10.1 Å². The molecule has 5 heteroatoms. The molecule has 2 N–H and O–H groups in total. The molecular weight excluding hydrogens is 284 g/mol. The Morgan fingerprint density at radius 2 is 2.38 bits per heavy atom. The molecule has 21 heavy (non-hydrogen) atoms. The number of nitrogens with zero attached hydrogens (tertiary/aromatic N) is 1. The van der Waals surface area contributed by atoms with E-state index in [0.717, 1.165) is 36.5 Å². The van der Waals surface area contributed by atoms with E-state index < -0.39 is 11.5 Å². The van der Waals surface area contributed by atoms with E-state index in [-0.39, 0.29) is 12.0 Å². The number of pyridine rings is 1. The van der Waals surface area contributed by atoms with Crippen molar-refractivity contribution in [1.29, 1.82) is 0 Å². The molecule has 1 heterocycles. The second-order valence-corrected chi connectivity index (χ2v) is 7.09. The minimum atomic E-state index is -0.737. The highest BCUT2D eigenvalue weighted by Gasteiger charge is 2.48. The standard InChI is InChI=1S/C16H24N2O2S/c1-12(2)18-16(15(19)20)9-5-6-13(16)8-11-21-14-7-3-4-10-17-14/h3-4,7,10,12-13,18H,5-6,8-9,11H2,1-2H3,(H,19,20). The van der Waals surface area contributed by atoms with Gasteiger partial charge in [-0.25, -0.2) is 4.98 Å². The highest BCUT2D eigenvalue weighted by Crippen LogP contribution is 2.39. The van der Waals surface area contributed by atoms with E-state index in [1.165, 1.54) is 0 Å². The zero-order valence-corrected chi connectivity index (χ0v) is 13.5. The van der Waals surface area contributed by atoms with Crippen LogP contribution in [0.25, 0.3) is 0 Å². The van der Waals surface area contributed by atoms with Crippen molar-refractivity contribution in [2.24, 2.45) is 5.92 Å². The van der Waals surface area contributed by atoms with Gasteiger partial charge in [0.05, 0.1) is 5.03 Å². The number of aliphatic carboxylic acids is 1. The molecule has 2 atom stereocenters. The summed E-state index contributed by atoms with van der Waals surface area (Å²) in [5, 5.41) is 14.1. The van der Waals surface area contributed by atoms with Gasteiger partial charge in [-0.2, -0.15) is 0 Å². The molecule has 2 rings (SSSR count). The van der Waals surface area contributed by atoms with Crippen LogP contribution < -0.4 is 5.32 Å². The van der Waals surface area contributed by atoms with Gasteiger partial charge in [0.25, 0.3) is 0 Å². The van der Waals surface area contributed by atoms with E-state index in [0.29, 0.717) is 0 Å². The molecule has 0 amide bonds. The predicted octanol–water partition coefficient (Wildman–Crippen LogP) is 3.19. The molecule has 1 aliphatic rings. The van der Waals surface area contributed by atoms with Crippen molar-refractivity contribution in [2.45, 2.75) is 56.1 Å². The molecule has 0 spiro atoms. The Hall–Kier alpha value is -1.07. The Kier molecular flexibility index (Phi) is 5.65. The van der Waals surface area contributed by atoms with Crippen molar-refractivity contribution in [3.05, 3.63) is 24.4 Å². The number of carbonyl (C=O) groups is 1. The van der Waals surface area contributed by atoms with Crippen LogP contribution in [0.3, 0.4) is 0 Å². The molecule has 116 valence electrons. The van der Waals surface area contributed by atoms with Crippen LogP contribution in [0, 0.1) is 5.92 Å². The number of aromatic nitrogens is 1. The number of carboxylic acids is 1. The van der Waals surface area contributed by atoms with Gasteiger partial charge in [0.2, 0.25) is 0 Å². The van der Waals surface area contributed by atoms with Gasteiger partial charge < -0.3 is 5.11 Å². The summed E-state index contributed by atoms with van der Waals surface area (Å²) in [5.41, 5.74) is -0.737. The molecule has 0 saturated heterocycles. The summed E-state index contributed by atoms with van der Waals surface area (Å²) in [7, 11) is 0. The monoisotopic (exact) mass is 308 g/mol. The molecule has 1 aliphatic carbocycles. The maximum absolute atomic E-state index is 11.8. The van der Waals surface area contributed by atoms with Gasteiger partial charge in [-0.05, 0) is 56.9 Å². The van der Waals surface area contributed by atoms with E-state index in [9.17, 15) is 9.90 Å². The van der Waals surface area contributed by atoms with Gasteiger partial charge in [0, 0.05) is 12.2 Å². The van der Waals surface area contributed by atoms with Crippen LogP contribution in [0.15, 0.2) is 29.4 Å². The van der Waals surface area contributed by atoms with Gasteiger partial charge in [0.1, 0.15) is 5.54 Å². The molecule has 0 radical (unpaired) electrons. The number of hydrogen-bond donors (Lipinski definition) is 2. The number of hydrogen-bond acceptors (Lipinski definition) is 4. The second kappa shape index (κ2) is 7.27. The minimum absolute atomic E-state index is 0.185. The first kappa shape index (κ1) is 16.3. The lowest BCUT2D eigenvalue weighted by Gasteiger charge is -2.34. The van der Waals surface area contributed by atoms with Crippen LogP contribution in [0.1, 0.15) is 39.5 Å². The van der Waals surface area contributed by atoms with Gasteiger partial charge in [-0.15, -0.1) is 11.8 Å². The zero-order valence-electron chi connectivity index (χ0n) is 12.7. The summed E-state index contributed by atoms with van der Waals surface area (Å²) in [4.78, 5) is 16.1. The van der Waals surface area contributed by atoms with Gasteiger partial charge in [-0.1, -0.05) is 12.5 Å². The fourth-order valence-corrected chi connectivity index (χ4v) is 4.18. The normalized spacial score (nSPS) is 25.4. The summed E-state index contributed by atoms with van der Waals surface area (Å²) < 4.78 is 0. The molecule has 0 aromatic carbocycles. The fourth-order valence-electron chi connectivity index (χ4n) is 3.26. The van der Waals surface area contributed by atoms with E-state index in [2.05, 4.69) is 10.3 Å². The number of rotatable bonds is 7. The highest BCUT2D eigenvalue weighted by atomic mass is 32.2. The van der Waals surface area contributed by atoms with Crippen LogP contribution >= 0.6 is 11.8 Å². The third kappa shape index (κ3) is 3.98. The van der Waals surface area contributed by atoms with Crippen molar-refractivity contribution in [1.82, 2.24) is 10.3 Å². The summed E-state index contributed by atoms with van der Waals surface area (Å²) in [6.07, 6.45) is 5.42. The van der Waals surface area contributed by atoms with Crippen LogP contribution in [-0.4, -0.2) is 33.4 Å². The quantitative estimate of drug-likeness (QED) is 0.758. The molecule has 1 fully saturated rings. The molecule has 1 aromatic rings. The van der Waals surface area contributed by atoms with E-state index >= 15 is 0 Å². The van der Waals surface area contributed by atoms with Crippen LogP contribution in [0.4, 0.5) is 0 Å². The molecule has 2 unspecified atom stereocenters. The summed E-state index contributed by atoms with van der Waals surface area (Å²) in [5.74, 6) is 0.423. The fraction of sp³-hybridized carbons (Fsp3) is 0.625. The van der Waals surface area contributed by atoms with E-state index in [4.69, 9.17) is 0 Å². The molecular formula is C16H24N2O2S. The molecule has 0 aliphatic heterocycles. The van der Waals surface area contributed by atoms with Crippen molar-refractivity contribution < 1.29 is 9.90 Å².